The maximum Gasteiger partial charge on any atom is 0.335 e. The molecule has 0 heterocycles. The van der Waals surface area contributed by atoms with Crippen molar-refractivity contribution in [2.24, 2.45) is 5.14 Å². The average molecular weight is 376 g/mol. The highest BCUT2D eigenvalue weighted by atomic mass is 32.2. The largest absolute Gasteiger partial charge is 0.478 e. The Hall–Kier alpha value is -2.38. The number of hydrogen-bond acceptors (Lipinski definition) is 4. The third kappa shape index (κ3) is 4.42. The molecule has 0 aliphatic rings. The van der Waals surface area contributed by atoms with Gasteiger partial charge in [0.1, 0.15) is 0 Å². The summed E-state index contributed by atoms with van der Waals surface area (Å²) >= 11 is 0. The van der Waals surface area contributed by atoms with Gasteiger partial charge in [0.25, 0.3) is 0 Å². The number of nitrogens with zero attached hydrogens (tertiary/aromatic N) is 1. The molecule has 0 atom stereocenters. The number of rotatable bonds is 8. The summed E-state index contributed by atoms with van der Waals surface area (Å²) in [5, 5.41) is 14.9. The Balaban J connectivity index is 2.85. The minimum Gasteiger partial charge on any atom is -0.478 e. The molecule has 0 saturated heterocycles. The van der Waals surface area contributed by atoms with Crippen molar-refractivity contribution in [2.75, 3.05) is 18.0 Å². The van der Waals surface area contributed by atoms with Gasteiger partial charge in [-0.25, -0.2) is 18.4 Å². The lowest BCUT2D eigenvalue weighted by molar-refractivity contribution is 0.0696. The molecule has 2 aromatic rings. The third-order valence-corrected chi connectivity index (χ3v) is 5.14. The van der Waals surface area contributed by atoms with Crippen LogP contribution in [0.25, 0.3) is 11.1 Å². The van der Waals surface area contributed by atoms with E-state index in [9.17, 15) is 18.3 Å². The van der Waals surface area contributed by atoms with Gasteiger partial charge in [-0.2, -0.15) is 0 Å². The maximum absolute atomic E-state index is 12.2. The van der Waals surface area contributed by atoms with Crippen LogP contribution < -0.4 is 10.0 Å². The van der Waals surface area contributed by atoms with Crippen LogP contribution in [0.3, 0.4) is 0 Å². The van der Waals surface area contributed by atoms with E-state index in [1.54, 1.807) is 24.3 Å². The summed E-state index contributed by atoms with van der Waals surface area (Å²) in [4.78, 5) is 13.4. The van der Waals surface area contributed by atoms with Crippen LogP contribution in [0, 0.1) is 0 Å². The van der Waals surface area contributed by atoms with E-state index in [-0.39, 0.29) is 10.5 Å². The van der Waals surface area contributed by atoms with Gasteiger partial charge >= 0.3 is 5.97 Å². The Morgan fingerprint density at radius 3 is 2.31 bits per heavy atom. The molecule has 26 heavy (non-hydrogen) atoms. The first-order valence-corrected chi connectivity index (χ1v) is 10.1. The monoisotopic (exact) mass is 376 g/mol. The Bertz CT molecular complexity index is 880. The molecule has 0 aliphatic carbocycles. The predicted octanol–water partition coefficient (Wildman–Crippen LogP) is 3.33. The molecule has 0 aliphatic heterocycles. The molecule has 6 nitrogen and oxygen atoms in total. The van der Waals surface area contributed by atoms with Crippen molar-refractivity contribution < 1.29 is 18.3 Å². The van der Waals surface area contributed by atoms with Gasteiger partial charge in [-0.1, -0.05) is 43.7 Å². The number of carboxylic acids is 1. The van der Waals surface area contributed by atoms with Crippen LogP contribution in [0.4, 0.5) is 5.69 Å². The molecule has 7 heteroatoms. The number of aromatic carboxylic acids is 1. The van der Waals surface area contributed by atoms with Crippen LogP contribution in [0.15, 0.2) is 47.4 Å². The van der Waals surface area contributed by atoms with E-state index in [1.165, 1.54) is 6.07 Å². The summed E-state index contributed by atoms with van der Waals surface area (Å²) in [5.41, 5.74) is 1.59. The van der Waals surface area contributed by atoms with Gasteiger partial charge < -0.3 is 10.0 Å². The molecule has 0 fully saturated rings. The highest BCUT2D eigenvalue weighted by Gasteiger charge is 2.24. The number of benzene rings is 2. The Kier molecular flexibility index (Phi) is 6.39. The molecule has 0 radical (unpaired) electrons. The number of primary sulfonamides is 1. The molecule has 0 aromatic heterocycles. The van der Waals surface area contributed by atoms with Crippen molar-refractivity contribution in [2.45, 2.75) is 31.6 Å². The fourth-order valence-electron chi connectivity index (χ4n) is 2.89. The summed E-state index contributed by atoms with van der Waals surface area (Å²) in [7, 11) is -4.11. The standard InChI is InChI=1S/C19H24N2O4S/c1-3-5-11-21(4-2)16-12-15(19(22)23)13-17(26(20,24)25)18(16)14-9-7-6-8-10-14/h6-10,12-13H,3-5,11H2,1-2H3,(H,22,23)(H2,20,24,25). The molecule has 0 amide bonds. The second-order valence-corrected chi connectivity index (χ2v) is 7.55. The smallest absolute Gasteiger partial charge is 0.335 e. The minimum atomic E-state index is -4.11. The fraction of sp³-hybridized carbons (Fsp3) is 0.316. The molecule has 0 bridgehead atoms. The van der Waals surface area contributed by atoms with Crippen molar-refractivity contribution >= 4 is 21.7 Å². The van der Waals surface area contributed by atoms with E-state index in [4.69, 9.17) is 5.14 Å². The predicted molar refractivity (Wildman–Crippen MR) is 103 cm³/mol. The Morgan fingerprint density at radius 1 is 1.15 bits per heavy atom. The number of anilines is 1. The number of sulfonamides is 1. The van der Waals surface area contributed by atoms with Gasteiger partial charge in [-0.05, 0) is 31.0 Å². The SMILES string of the molecule is CCCCN(CC)c1cc(C(=O)O)cc(S(N)(=O)=O)c1-c1ccccc1. The zero-order valence-corrected chi connectivity index (χ0v) is 15.8. The summed E-state index contributed by atoms with van der Waals surface area (Å²) in [6.07, 6.45) is 1.88. The number of unbranched alkanes of at least 4 members (excludes halogenated alkanes) is 1. The Morgan fingerprint density at radius 2 is 1.81 bits per heavy atom. The molecule has 3 N–H and O–H groups in total. The van der Waals surface area contributed by atoms with Gasteiger partial charge in [-0.15, -0.1) is 0 Å². The Labute approximate surface area is 154 Å². The van der Waals surface area contributed by atoms with Crippen molar-refractivity contribution in [1.82, 2.24) is 0 Å². The van der Waals surface area contributed by atoms with Crippen LogP contribution in [0.2, 0.25) is 0 Å². The lowest BCUT2D eigenvalue weighted by Gasteiger charge is -2.27. The third-order valence-electron chi connectivity index (χ3n) is 4.20. The number of hydrogen-bond donors (Lipinski definition) is 2. The second-order valence-electron chi connectivity index (χ2n) is 6.02. The normalized spacial score (nSPS) is 11.3. The van der Waals surface area contributed by atoms with Gasteiger partial charge in [0.15, 0.2) is 0 Å². The van der Waals surface area contributed by atoms with Gasteiger partial charge in [0.05, 0.1) is 10.5 Å². The number of carboxylic acid groups (broad SMARTS) is 1. The summed E-state index contributed by atoms with van der Waals surface area (Å²) in [6.45, 7) is 5.33. The van der Waals surface area contributed by atoms with Crippen LogP contribution >= 0.6 is 0 Å². The average Bonchev–Trinajstić information content (AvgIpc) is 2.61. The van der Waals surface area contributed by atoms with Crippen LogP contribution in [-0.2, 0) is 10.0 Å². The first kappa shape index (κ1) is 19.9. The lowest BCUT2D eigenvalue weighted by Crippen LogP contribution is -2.26. The maximum atomic E-state index is 12.2. The topological polar surface area (TPSA) is 101 Å². The molecular formula is C19H24N2O4S. The number of carbonyl (C=O) groups is 1. The van der Waals surface area contributed by atoms with Crippen molar-refractivity contribution in [1.29, 1.82) is 0 Å². The van der Waals surface area contributed by atoms with E-state index in [0.29, 0.717) is 29.9 Å². The summed E-state index contributed by atoms with van der Waals surface area (Å²) < 4.78 is 24.5. The second kappa shape index (κ2) is 8.33. The first-order chi connectivity index (χ1) is 12.3. The fourth-order valence-corrected chi connectivity index (χ4v) is 3.69. The van der Waals surface area contributed by atoms with Crippen molar-refractivity contribution in [3.05, 3.63) is 48.0 Å². The summed E-state index contributed by atoms with van der Waals surface area (Å²) in [5.74, 6) is -1.19. The first-order valence-electron chi connectivity index (χ1n) is 8.54. The van der Waals surface area contributed by atoms with Gasteiger partial charge in [0.2, 0.25) is 10.0 Å². The van der Waals surface area contributed by atoms with Gasteiger partial charge in [-0.3, -0.25) is 0 Å². The zero-order chi connectivity index (χ0) is 19.3. The molecule has 0 unspecified atom stereocenters. The lowest BCUT2D eigenvalue weighted by atomic mass is 10.00. The van der Waals surface area contributed by atoms with Crippen LogP contribution in [0.1, 0.15) is 37.0 Å². The van der Waals surface area contributed by atoms with E-state index >= 15 is 0 Å². The van der Waals surface area contributed by atoms with E-state index in [0.717, 1.165) is 18.9 Å². The molecule has 0 spiro atoms. The minimum absolute atomic E-state index is 0.0985. The van der Waals surface area contributed by atoms with E-state index in [1.807, 2.05) is 17.9 Å². The van der Waals surface area contributed by atoms with Crippen LogP contribution in [-0.4, -0.2) is 32.6 Å². The highest BCUT2D eigenvalue weighted by Crippen LogP contribution is 2.37. The molecule has 140 valence electrons. The molecule has 2 aromatic carbocycles. The molecule has 0 saturated carbocycles. The highest BCUT2D eigenvalue weighted by molar-refractivity contribution is 7.89. The number of nitrogens with two attached hydrogens (primary N) is 1. The zero-order valence-electron chi connectivity index (χ0n) is 15.0. The quantitative estimate of drug-likeness (QED) is 0.736. The van der Waals surface area contributed by atoms with Gasteiger partial charge in [0, 0.05) is 24.3 Å². The van der Waals surface area contributed by atoms with E-state index in [2.05, 4.69) is 6.92 Å². The van der Waals surface area contributed by atoms with Crippen molar-refractivity contribution in [3.8, 4) is 11.1 Å². The van der Waals surface area contributed by atoms with Crippen LogP contribution in [0.5, 0.6) is 0 Å². The summed E-state index contributed by atoms with van der Waals surface area (Å²) in [6, 6.07) is 11.7. The van der Waals surface area contributed by atoms with Crippen molar-refractivity contribution in [3.63, 3.8) is 0 Å². The molecule has 2 rings (SSSR count). The van der Waals surface area contributed by atoms with E-state index < -0.39 is 16.0 Å². The molecular weight excluding hydrogens is 352 g/mol.